The third kappa shape index (κ3) is 1.23. The van der Waals surface area contributed by atoms with Crippen molar-refractivity contribution in [2.24, 2.45) is 0 Å². The van der Waals surface area contributed by atoms with E-state index in [9.17, 15) is 9.59 Å². The molecule has 12 heavy (non-hydrogen) atoms. The highest BCUT2D eigenvalue weighted by Gasteiger charge is 2.35. The van der Waals surface area contributed by atoms with Crippen molar-refractivity contribution in [3.8, 4) is 0 Å². The van der Waals surface area contributed by atoms with E-state index in [1.165, 1.54) is 0 Å². The molecule has 1 unspecified atom stereocenters. The summed E-state index contributed by atoms with van der Waals surface area (Å²) in [5.74, 6) is -0.766. The van der Waals surface area contributed by atoms with Gasteiger partial charge in [-0.05, 0) is 0 Å². The first-order valence-electron chi connectivity index (χ1n) is 3.53. The predicted molar refractivity (Wildman–Crippen MR) is 40.4 cm³/mol. The standard InChI is InChI=1S/C7H6ClNO3/c8-5-1-6(10)9(7(5)11)2-4-3-12-4/h1,4H,2-3H2. The van der Waals surface area contributed by atoms with E-state index in [-0.39, 0.29) is 17.0 Å². The Bertz CT molecular complexity index is 282. The molecule has 0 aromatic rings. The van der Waals surface area contributed by atoms with Crippen molar-refractivity contribution < 1.29 is 14.3 Å². The molecule has 4 nitrogen and oxygen atoms in total. The maximum absolute atomic E-state index is 11.1. The third-order valence-electron chi connectivity index (χ3n) is 1.75. The summed E-state index contributed by atoms with van der Waals surface area (Å²) in [5, 5.41) is -0.0133. The van der Waals surface area contributed by atoms with Gasteiger partial charge in [-0.1, -0.05) is 11.6 Å². The van der Waals surface area contributed by atoms with Crippen LogP contribution in [-0.2, 0) is 14.3 Å². The van der Waals surface area contributed by atoms with Crippen molar-refractivity contribution in [1.29, 1.82) is 0 Å². The lowest BCUT2D eigenvalue weighted by Gasteiger charge is -2.10. The number of ether oxygens (including phenoxy) is 1. The summed E-state index contributed by atoms with van der Waals surface area (Å²) in [7, 11) is 0. The molecule has 64 valence electrons. The fourth-order valence-corrected chi connectivity index (χ4v) is 1.22. The van der Waals surface area contributed by atoms with Crippen molar-refractivity contribution in [2.45, 2.75) is 6.10 Å². The van der Waals surface area contributed by atoms with Gasteiger partial charge in [0.1, 0.15) is 5.03 Å². The first-order chi connectivity index (χ1) is 5.68. The van der Waals surface area contributed by atoms with Crippen molar-refractivity contribution in [2.75, 3.05) is 13.2 Å². The van der Waals surface area contributed by atoms with Crippen LogP contribution in [0.4, 0.5) is 0 Å². The second-order valence-corrected chi connectivity index (χ2v) is 3.11. The molecular weight excluding hydrogens is 182 g/mol. The number of imide groups is 1. The van der Waals surface area contributed by atoms with Crippen LogP contribution in [0.5, 0.6) is 0 Å². The van der Waals surface area contributed by atoms with Crippen LogP contribution < -0.4 is 0 Å². The maximum Gasteiger partial charge on any atom is 0.272 e. The van der Waals surface area contributed by atoms with Gasteiger partial charge >= 0.3 is 0 Å². The number of hydrogen-bond acceptors (Lipinski definition) is 3. The average Bonchev–Trinajstić information content (AvgIpc) is 2.77. The van der Waals surface area contributed by atoms with Gasteiger partial charge in [-0.2, -0.15) is 0 Å². The minimum atomic E-state index is -0.419. The van der Waals surface area contributed by atoms with Crippen LogP contribution in [-0.4, -0.2) is 36.0 Å². The second kappa shape index (κ2) is 2.57. The van der Waals surface area contributed by atoms with Crippen LogP contribution in [0.1, 0.15) is 0 Å². The van der Waals surface area contributed by atoms with E-state index in [1.807, 2.05) is 0 Å². The van der Waals surface area contributed by atoms with Gasteiger partial charge in [0, 0.05) is 6.08 Å². The molecule has 0 aromatic carbocycles. The van der Waals surface area contributed by atoms with Gasteiger partial charge < -0.3 is 4.74 Å². The highest BCUT2D eigenvalue weighted by molar-refractivity contribution is 6.46. The number of nitrogens with zero attached hydrogens (tertiary/aromatic N) is 1. The number of epoxide rings is 1. The van der Waals surface area contributed by atoms with Crippen LogP contribution in [0.25, 0.3) is 0 Å². The summed E-state index contributed by atoms with van der Waals surface area (Å²) in [6.45, 7) is 0.944. The molecule has 2 aliphatic heterocycles. The largest absolute Gasteiger partial charge is 0.371 e. The van der Waals surface area contributed by atoms with Gasteiger partial charge in [0.25, 0.3) is 11.8 Å². The molecule has 2 heterocycles. The molecule has 1 fully saturated rings. The Morgan fingerprint density at radius 3 is 2.75 bits per heavy atom. The van der Waals surface area contributed by atoms with Gasteiger partial charge in [0.2, 0.25) is 0 Å². The van der Waals surface area contributed by atoms with Gasteiger partial charge in [-0.15, -0.1) is 0 Å². The monoisotopic (exact) mass is 187 g/mol. The van der Waals surface area contributed by atoms with Crippen LogP contribution in [0.15, 0.2) is 11.1 Å². The first-order valence-corrected chi connectivity index (χ1v) is 3.91. The number of rotatable bonds is 2. The molecule has 0 N–H and O–H groups in total. The maximum atomic E-state index is 11.1. The Hall–Kier alpha value is -0.870. The van der Waals surface area contributed by atoms with Crippen molar-refractivity contribution in [1.82, 2.24) is 4.90 Å². The average molecular weight is 188 g/mol. The van der Waals surface area contributed by atoms with E-state index in [2.05, 4.69) is 0 Å². The molecule has 0 radical (unpaired) electrons. The fourth-order valence-electron chi connectivity index (χ4n) is 1.03. The lowest BCUT2D eigenvalue weighted by atomic mass is 10.4. The zero-order valence-electron chi connectivity index (χ0n) is 6.12. The summed E-state index contributed by atoms with van der Waals surface area (Å²) in [4.78, 5) is 23.3. The van der Waals surface area contributed by atoms with E-state index in [0.29, 0.717) is 13.2 Å². The van der Waals surface area contributed by atoms with E-state index < -0.39 is 5.91 Å². The minimum absolute atomic E-state index is 0.0133. The highest BCUT2D eigenvalue weighted by atomic mass is 35.5. The summed E-state index contributed by atoms with van der Waals surface area (Å²) in [5.41, 5.74) is 0. The quantitative estimate of drug-likeness (QED) is 0.447. The Morgan fingerprint density at radius 2 is 2.33 bits per heavy atom. The molecule has 0 aromatic heterocycles. The third-order valence-corrected chi connectivity index (χ3v) is 2.03. The predicted octanol–water partition coefficient (Wildman–Crippen LogP) is -0.123. The molecule has 1 saturated heterocycles. The summed E-state index contributed by atoms with van der Waals surface area (Å²) >= 11 is 5.46. The Balaban J connectivity index is 2.06. The zero-order chi connectivity index (χ0) is 8.72. The molecule has 0 saturated carbocycles. The molecule has 2 aliphatic rings. The molecule has 0 spiro atoms. The number of halogens is 1. The van der Waals surface area contributed by atoms with E-state index in [0.717, 1.165) is 11.0 Å². The highest BCUT2D eigenvalue weighted by Crippen LogP contribution is 2.19. The molecule has 2 rings (SSSR count). The molecule has 5 heteroatoms. The van der Waals surface area contributed by atoms with Crippen molar-refractivity contribution in [3.63, 3.8) is 0 Å². The van der Waals surface area contributed by atoms with Crippen LogP contribution in [0, 0.1) is 0 Å². The number of carbonyl (C=O) groups is 2. The molecule has 0 bridgehead atoms. The van der Waals surface area contributed by atoms with Crippen LogP contribution in [0.2, 0.25) is 0 Å². The summed E-state index contributed by atoms with van der Waals surface area (Å²) < 4.78 is 4.89. The van der Waals surface area contributed by atoms with Crippen molar-refractivity contribution >= 4 is 23.4 Å². The van der Waals surface area contributed by atoms with E-state index in [1.54, 1.807) is 0 Å². The normalized spacial score (nSPS) is 27.9. The van der Waals surface area contributed by atoms with Gasteiger partial charge in [-0.25, -0.2) is 0 Å². The lowest BCUT2D eigenvalue weighted by molar-refractivity contribution is -0.137. The smallest absolute Gasteiger partial charge is 0.272 e. The molecule has 0 aliphatic carbocycles. The Morgan fingerprint density at radius 1 is 1.67 bits per heavy atom. The number of hydrogen-bond donors (Lipinski definition) is 0. The van der Waals surface area contributed by atoms with E-state index in [4.69, 9.17) is 16.3 Å². The van der Waals surface area contributed by atoms with E-state index >= 15 is 0 Å². The number of carbonyl (C=O) groups excluding carboxylic acids is 2. The topological polar surface area (TPSA) is 49.9 Å². The summed E-state index contributed by atoms with van der Waals surface area (Å²) in [6, 6.07) is 0. The van der Waals surface area contributed by atoms with Gasteiger partial charge in [0.15, 0.2) is 0 Å². The number of amides is 2. The first kappa shape index (κ1) is 7.76. The minimum Gasteiger partial charge on any atom is -0.371 e. The van der Waals surface area contributed by atoms with Crippen molar-refractivity contribution in [3.05, 3.63) is 11.1 Å². The molecular formula is C7H6ClNO3. The molecule has 1 atom stereocenters. The SMILES string of the molecule is O=C1C=C(Cl)C(=O)N1CC1CO1. The summed E-state index contributed by atoms with van der Waals surface area (Å²) in [6.07, 6.45) is 1.15. The van der Waals surface area contributed by atoms with Crippen LogP contribution >= 0.6 is 11.6 Å². The lowest BCUT2D eigenvalue weighted by Crippen LogP contribution is -2.34. The van der Waals surface area contributed by atoms with Crippen LogP contribution in [0.3, 0.4) is 0 Å². The zero-order valence-corrected chi connectivity index (χ0v) is 6.87. The van der Waals surface area contributed by atoms with Gasteiger partial charge in [0.05, 0.1) is 19.3 Å². The Kier molecular flexibility index (Phi) is 1.66. The fraction of sp³-hybridized carbons (Fsp3) is 0.429. The molecule has 2 amide bonds. The van der Waals surface area contributed by atoms with Gasteiger partial charge in [-0.3, -0.25) is 14.5 Å². The second-order valence-electron chi connectivity index (χ2n) is 2.70. The Labute approximate surface area is 73.7 Å².